The maximum Gasteiger partial charge on any atom is 0.406 e. The van der Waals surface area contributed by atoms with Crippen molar-refractivity contribution in [2.24, 2.45) is 0 Å². The molecule has 1 saturated heterocycles. The topological polar surface area (TPSA) is 157 Å². The third-order valence-corrected chi connectivity index (χ3v) is 4.93. The molecule has 12 heteroatoms. The number of ether oxygens (including phenoxy) is 2. The van der Waals surface area contributed by atoms with Gasteiger partial charge in [-0.2, -0.15) is 0 Å². The van der Waals surface area contributed by atoms with Crippen molar-refractivity contribution in [1.29, 1.82) is 0 Å². The molecule has 1 atom stereocenters. The van der Waals surface area contributed by atoms with E-state index >= 15 is 0 Å². The van der Waals surface area contributed by atoms with Crippen LogP contribution in [0.2, 0.25) is 0 Å². The second-order valence-corrected chi connectivity index (χ2v) is 7.52. The minimum Gasteiger partial charge on any atom is -0.467 e. The van der Waals surface area contributed by atoms with Crippen LogP contribution in [0, 0.1) is 0 Å². The largest absolute Gasteiger partial charge is 0.467 e. The van der Waals surface area contributed by atoms with Crippen molar-refractivity contribution in [2.75, 3.05) is 20.8 Å². The van der Waals surface area contributed by atoms with E-state index in [0.717, 1.165) is 0 Å². The van der Waals surface area contributed by atoms with Gasteiger partial charge in [-0.25, -0.2) is 14.4 Å². The molecule has 1 aliphatic rings. The Balaban J connectivity index is 2.17. The number of imide groups is 1. The summed E-state index contributed by atoms with van der Waals surface area (Å²) in [5.41, 5.74) is 0. The first-order chi connectivity index (χ1) is 15.8. The van der Waals surface area contributed by atoms with Gasteiger partial charge in [-0.1, -0.05) is 12.8 Å². The molecule has 1 aliphatic heterocycles. The van der Waals surface area contributed by atoms with E-state index in [1.54, 1.807) is 0 Å². The van der Waals surface area contributed by atoms with Gasteiger partial charge in [0.05, 0.1) is 14.2 Å². The molecule has 0 radical (unpaired) electrons. The zero-order chi connectivity index (χ0) is 24.6. The second kappa shape index (κ2) is 15.6. The number of nitrogens with one attached hydrogen (secondary N) is 2. The molecular weight excluding hydrogens is 438 g/mol. The van der Waals surface area contributed by atoms with E-state index in [9.17, 15) is 28.8 Å². The Morgan fingerprint density at radius 1 is 0.879 bits per heavy atom. The quantitative estimate of drug-likeness (QED) is 0.203. The fourth-order valence-corrected chi connectivity index (χ4v) is 3.11. The van der Waals surface area contributed by atoms with E-state index in [1.807, 2.05) is 0 Å². The van der Waals surface area contributed by atoms with Crippen molar-refractivity contribution < 1.29 is 43.1 Å². The van der Waals surface area contributed by atoms with Gasteiger partial charge in [0.1, 0.15) is 6.04 Å². The second-order valence-electron chi connectivity index (χ2n) is 7.52. The van der Waals surface area contributed by atoms with Crippen LogP contribution >= 0.6 is 0 Å². The van der Waals surface area contributed by atoms with Crippen LogP contribution in [0.25, 0.3) is 0 Å². The lowest BCUT2D eigenvalue weighted by atomic mass is 10.1. The number of amides is 4. The summed E-state index contributed by atoms with van der Waals surface area (Å²) in [6.07, 6.45) is 3.87. The minimum absolute atomic E-state index is 0.0532. The van der Waals surface area contributed by atoms with E-state index < -0.39 is 35.9 Å². The van der Waals surface area contributed by atoms with E-state index in [1.165, 1.54) is 14.2 Å². The highest BCUT2D eigenvalue weighted by Crippen LogP contribution is 2.14. The number of hydroxylamine groups is 2. The molecule has 0 aromatic carbocycles. The highest BCUT2D eigenvalue weighted by Gasteiger charge is 2.32. The summed E-state index contributed by atoms with van der Waals surface area (Å²) >= 11 is 0. The van der Waals surface area contributed by atoms with Crippen molar-refractivity contribution in [1.82, 2.24) is 15.7 Å². The fourth-order valence-electron chi connectivity index (χ4n) is 3.11. The third kappa shape index (κ3) is 11.3. The Morgan fingerprint density at radius 3 is 2.12 bits per heavy atom. The number of hydrogen-bond acceptors (Lipinski definition) is 9. The number of rotatable bonds is 15. The minimum atomic E-state index is -0.758. The van der Waals surface area contributed by atoms with Gasteiger partial charge < -0.3 is 24.9 Å². The molecule has 0 bridgehead atoms. The Labute approximate surface area is 192 Å². The van der Waals surface area contributed by atoms with Crippen molar-refractivity contribution in [3.8, 4) is 0 Å². The zero-order valence-electron chi connectivity index (χ0n) is 19.2. The number of alkyl carbamates (subject to hydrolysis) is 1. The van der Waals surface area contributed by atoms with Crippen LogP contribution in [0.5, 0.6) is 0 Å². The zero-order valence-corrected chi connectivity index (χ0v) is 19.2. The molecule has 186 valence electrons. The van der Waals surface area contributed by atoms with Crippen LogP contribution in [0.1, 0.15) is 70.6 Å². The summed E-state index contributed by atoms with van der Waals surface area (Å²) in [6.45, 7) is 0.396. The summed E-state index contributed by atoms with van der Waals surface area (Å²) in [5, 5.41) is 5.73. The van der Waals surface area contributed by atoms with Gasteiger partial charge in [0.15, 0.2) is 0 Å². The molecule has 4 amide bonds. The highest BCUT2D eigenvalue weighted by atomic mass is 16.7. The molecule has 2 N–H and O–H groups in total. The Bertz CT molecular complexity index is 695. The highest BCUT2D eigenvalue weighted by molar-refractivity contribution is 6.01. The van der Waals surface area contributed by atoms with E-state index in [4.69, 9.17) is 9.57 Å². The lowest BCUT2D eigenvalue weighted by Gasteiger charge is -2.16. The normalized spacial score (nSPS) is 13.9. The van der Waals surface area contributed by atoms with Gasteiger partial charge in [-0.05, 0) is 32.1 Å². The van der Waals surface area contributed by atoms with Crippen LogP contribution in [0.4, 0.5) is 4.79 Å². The maximum atomic E-state index is 12.2. The van der Waals surface area contributed by atoms with Crippen LogP contribution < -0.4 is 10.6 Å². The molecule has 0 aromatic rings. The number of carbonyl (C=O) groups is 6. The molecule has 1 rings (SSSR count). The SMILES string of the molecule is COC(=O)NCCCCC(NC(=O)CCCCCCC(=O)ON1C(=O)CCC1=O)C(=O)OC. The Kier molecular flexibility index (Phi) is 13.2. The van der Waals surface area contributed by atoms with Crippen molar-refractivity contribution in [2.45, 2.75) is 76.7 Å². The van der Waals surface area contributed by atoms with Crippen LogP contribution in [0.3, 0.4) is 0 Å². The van der Waals surface area contributed by atoms with Crippen molar-refractivity contribution >= 4 is 35.8 Å². The fraction of sp³-hybridized carbons (Fsp3) is 0.714. The molecule has 12 nitrogen and oxygen atoms in total. The summed E-state index contributed by atoms with van der Waals surface area (Å²) in [4.78, 5) is 74.3. The standard InChI is InChI=1S/C21H33N3O9/c1-31-20(29)15(9-7-8-14-22-21(30)32-2)23-16(25)10-5-3-4-6-11-19(28)33-24-17(26)12-13-18(24)27/h15H,3-14H2,1-2H3,(H,22,30)(H,23,25). The van der Waals surface area contributed by atoms with Crippen LogP contribution in [0.15, 0.2) is 0 Å². The molecule has 33 heavy (non-hydrogen) atoms. The van der Waals surface area contributed by atoms with E-state index in [0.29, 0.717) is 56.6 Å². The number of nitrogens with zero attached hydrogens (tertiary/aromatic N) is 1. The average Bonchev–Trinajstić information content (AvgIpc) is 3.11. The molecule has 1 fully saturated rings. The van der Waals surface area contributed by atoms with Crippen LogP contribution in [-0.4, -0.2) is 67.6 Å². The molecule has 1 unspecified atom stereocenters. The summed E-state index contributed by atoms with van der Waals surface area (Å²) in [5.74, 6) is -2.47. The maximum absolute atomic E-state index is 12.2. The van der Waals surface area contributed by atoms with E-state index in [-0.39, 0.29) is 31.6 Å². The lowest BCUT2D eigenvalue weighted by molar-refractivity contribution is -0.197. The lowest BCUT2D eigenvalue weighted by Crippen LogP contribution is -2.41. The molecule has 0 aliphatic carbocycles. The predicted molar refractivity (Wildman–Crippen MR) is 113 cm³/mol. The first-order valence-electron chi connectivity index (χ1n) is 11.0. The predicted octanol–water partition coefficient (Wildman–Crippen LogP) is 1.12. The summed E-state index contributed by atoms with van der Waals surface area (Å²) in [6, 6.07) is -0.758. The first-order valence-corrected chi connectivity index (χ1v) is 11.0. The number of methoxy groups -OCH3 is 2. The molecule has 0 aromatic heterocycles. The van der Waals surface area contributed by atoms with Gasteiger partial charge in [0.2, 0.25) is 5.91 Å². The summed E-state index contributed by atoms with van der Waals surface area (Å²) in [7, 11) is 2.52. The number of carbonyl (C=O) groups excluding carboxylic acids is 6. The Hall–Kier alpha value is -3.18. The summed E-state index contributed by atoms with van der Waals surface area (Å²) < 4.78 is 9.20. The average molecular weight is 472 g/mol. The number of esters is 1. The molecule has 0 spiro atoms. The van der Waals surface area contributed by atoms with E-state index in [2.05, 4.69) is 15.4 Å². The molecule has 0 saturated carbocycles. The van der Waals surface area contributed by atoms with Gasteiger partial charge in [-0.3, -0.25) is 14.4 Å². The monoisotopic (exact) mass is 471 g/mol. The smallest absolute Gasteiger partial charge is 0.406 e. The van der Waals surface area contributed by atoms with Gasteiger partial charge in [0.25, 0.3) is 11.8 Å². The van der Waals surface area contributed by atoms with Crippen molar-refractivity contribution in [3.63, 3.8) is 0 Å². The van der Waals surface area contributed by atoms with Gasteiger partial charge in [0, 0.05) is 32.2 Å². The van der Waals surface area contributed by atoms with Crippen molar-refractivity contribution in [3.05, 3.63) is 0 Å². The third-order valence-electron chi connectivity index (χ3n) is 4.93. The van der Waals surface area contributed by atoms with Crippen LogP contribution in [-0.2, 0) is 38.3 Å². The van der Waals surface area contributed by atoms with Gasteiger partial charge >= 0.3 is 18.0 Å². The Morgan fingerprint density at radius 2 is 1.52 bits per heavy atom. The number of hydrogen-bond donors (Lipinski definition) is 2. The number of unbranched alkanes of at least 4 members (excludes halogenated alkanes) is 4. The van der Waals surface area contributed by atoms with Gasteiger partial charge in [-0.15, -0.1) is 5.06 Å². The molecular formula is C21H33N3O9. The molecule has 1 heterocycles. The first kappa shape index (κ1) is 27.9.